The summed E-state index contributed by atoms with van der Waals surface area (Å²) in [6, 6.07) is 9.87. The van der Waals surface area contributed by atoms with E-state index in [1.165, 1.54) is 18.5 Å². The van der Waals surface area contributed by atoms with Crippen LogP contribution in [0.25, 0.3) is 0 Å². The summed E-state index contributed by atoms with van der Waals surface area (Å²) in [6.07, 6.45) is 4.56. The highest BCUT2D eigenvalue weighted by molar-refractivity contribution is 5.91. The first-order chi connectivity index (χ1) is 14.7. The Balaban J connectivity index is 1.30. The van der Waals surface area contributed by atoms with E-state index in [2.05, 4.69) is 42.5 Å². The first-order valence-corrected chi connectivity index (χ1v) is 10.7. The van der Waals surface area contributed by atoms with Gasteiger partial charge in [0, 0.05) is 56.2 Å². The smallest absolute Gasteiger partial charge is 0.227 e. The number of rotatable bonds is 7. The second-order valence-corrected chi connectivity index (χ2v) is 7.88. The zero-order valence-corrected chi connectivity index (χ0v) is 17.5. The number of hydrogen-bond acceptors (Lipinski definition) is 7. The van der Waals surface area contributed by atoms with Gasteiger partial charge in [0.1, 0.15) is 5.82 Å². The Hall–Kier alpha value is -2.87. The van der Waals surface area contributed by atoms with E-state index in [-0.39, 0.29) is 11.9 Å². The minimum atomic E-state index is -0.0563. The number of hydrogen-bond donors (Lipinski definition) is 2. The minimum Gasteiger partial charge on any atom is -0.378 e. The van der Waals surface area contributed by atoms with Crippen LogP contribution in [0.5, 0.6) is 0 Å². The summed E-state index contributed by atoms with van der Waals surface area (Å²) >= 11 is 0. The summed E-state index contributed by atoms with van der Waals surface area (Å²) in [6.45, 7) is 7.12. The van der Waals surface area contributed by atoms with Crippen LogP contribution in [0.2, 0.25) is 0 Å². The largest absolute Gasteiger partial charge is 0.378 e. The van der Waals surface area contributed by atoms with Gasteiger partial charge in [-0.2, -0.15) is 4.98 Å². The molecule has 2 aromatic rings. The molecule has 0 saturated carbocycles. The summed E-state index contributed by atoms with van der Waals surface area (Å²) in [7, 11) is 0. The van der Waals surface area contributed by atoms with Crippen molar-refractivity contribution in [2.24, 2.45) is 0 Å². The maximum Gasteiger partial charge on any atom is 0.227 e. The highest BCUT2D eigenvalue weighted by Gasteiger charge is 2.16. The number of morpholine rings is 1. The summed E-state index contributed by atoms with van der Waals surface area (Å²) in [5.41, 5.74) is 2.02. The first-order valence-electron chi connectivity index (χ1n) is 10.7. The van der Waals surface area contributed by atoms with Crippen LogP contribution in [0.15, 0.2) is 36.5 Å². The number of anilines is 4. The van der Waals surface area contributed by atoms with Crippen LogP contribution in [-0.4, -0.2) is 61.3 Å². The zero-order chi connectivity index (χ0) is 20.8. The zero-order valence-electron chi connectivity index (χ0n) is 17.5. The molecule has 2 aliphatic rings. The molecule has 8 nitrogen and oxygen atoms in total. The molecule has 2 fully saturated rings. The monoisotopic (exact) mass is 410 g/mol. The standard InChI is InChI=1S/C22H30N6O2/c1-17(24-20-7-8-23-22(26-20)28-11-13-30-14-12-28)15-21(29)25-18-5-4-6-19(16-18)27-9-2-3-10-27/h4-8,16-17H,2-3,9-15H2,1H3,(H,25,29)(H,23,24,26). The lowest BCUT2D eigenvalue weighted by atomic mass is 10.2. The van der Waals surface area contributed by atoms with Gasteiger partial charge in [-0.15, -0.1) is 0 Å². The summed E-state index contributed by atoms with van der Waals surface area (Å²) in [5, 5.41) is 6.34. The third-order valence-electron chi connectivity index (χ3n) is 5.42. The van der Waals surface area contributed by atoms with Crippen molar-refractivity contribution in [2.75, 3.05) is 59.8 Å². The van der Waals surface area contributed by atoms with Crippen LogP contribution in [0.1, 0.15) is 26.2 Å². The molecule has 1 aromatic carbocycles. The van der Waals surface area contributed by atoms with Gasteiger partial charge in [-0.05, 0) is 44.0 Å². The van der Waals surface area contributed by atoms with Crippen molar-refractivity contribution < 1.29 is 9.53 Å². The van der Waals surface area contributed by atoms with E-state index < -0.39 is 0 Å². The number of benzene rings is 1. The van der Waals surface area contributed by atoms with Crippen LogP contribution >= 0.6 is 0 Å². The number of amides is 1. The molecule has 0 aliphatic carbocycles. The molecule has 8 heteroatoms. The molecule has 2 saturated heterocycles. The van der Waals surface area contributed by atoms with Crippen LogP contribution in [0.4, 0.5) is 23.1 Å². The summed E-state index contributed by atoms with van der Waals surface area (Å²) in [5.74, 6) is 1.40. The Labute approximate surface area is 177 Å². The van der Waals surface area contributed by atoms with Crippen LogP contribution < -0.4 is 20.4 Å². The predicted octanol–water partition coefficient (Wildman–Crippen LogP) is 2.74. The molecule has 4 rings (SSSR count). The molecule has 2 aliphatic heterocycles. The van der Waals surface area contributed by atoms with Gasteiger partial charge in [-0.3, -0.25) is 4.79 Å². The van der Waals surface area contributed by atoms with Crippen molar-refractivity contribution in [3.8, 4) is 0 Å². The van der Waals surface area contributed by atoms with Gasteiger partial charge in [0.15, 0.2) is 0 Å². The maximum atomic E-state index is 12.5. The number of nitrogens with zero attached hydrogens (tertiary/aromatic N) is 4. The number of carbonyl (C=O) groups excluding carboxylic acids is 1. The third-order valence-corrected chi connectivity index (χ3v) is 5.42. The highest BCUT2D eigenvalue weighted by Crippen LogP contribution is 2.23. The second-order valence-electron chi connectivity index (χ2n) is 7.88. The lowest BCUT2D eigenvalue weighted by Crippen LogP contribution is -2.37. The van der Waals surface area contributed by atoms with E-state index in [1.54, 1.807) is 6.20 Å². The van der Waals surface area contributed by atoms with Crippen LogP contribution in [0, 0.1) is 0 Å². The predicted molar refractivity (Wildman–Crippen MR) is 119 cm³/mol. The van der Waals surface area contributed by atoms with Crippen molar-refractivity contribution in [3.05, 3.63) is 36.5 Å². The fraction of sp³-hybridized carbons (Fsp3) is 0.500. The second kappa shape index (κ2) is 9.75. The molecule has 160 valence electrons. The SMILES string of the molecule is CC(CC(=O)Nc1cccc(N2CCCC2)c1)Nc1ccnc(N2CCOCC2)n1. The van der Waals surface area contributed by atoms with E-state index in [4.69, 9.17) is 4.74 Å². The van der Waals surface area contributed by atoms with E-state index in [9.17, 15) is 4.79 Å². The number of aromatic nitrogens is 2. The van der Waals surface area contributed by atoms with Gasteiger partial charge in [0.05, 0.1) is 13.2 Å². The Morgan fingerprint density at radius 2 is 1.93 bits per heavy atom. The quantitative estimate of drug-likeness (QED) is 0.726. The van der Waals surface area contributed by atoms with Crippen LogP contribution in [-0.2, 0) is 9.53 Å². The molecule has 1 amide bonds. The fourth-order valence-corrected chi connectivity index (χ4v) is 3.89. The summed E-state index contributed by atoms with van der Waals surface area (Å²) in [4.78, 5) is 26.0. The lowest BCUT2D eigenvalue weighted by Gasteiger charge is -2.27. The van der Waals surface area contributed by atoms with Crippen molar-refractivity contribution in [2.45, 2.75) is 32.2 Å². The Bertz CT molecular complexity index is 849. The fourth-order valence-electron chi connectivity index (χ4n) is 3.89. The van der Waals surface area contributed by atoms with Crippen molar-refractivity contribution in [1.29, 1.82) is 0 Å². The van der Waals surface area contributed by atoms with Gasteiger partial charge in [-0.25, -0.2) is 4.98 Å². The molecular weight excluding hydrogens is 380 g/mol. The Morgan fingerprint density at radius 3 is 2.73 bits per heavy atom. The van der Waals surface area contributed by atoms with Crippen LogP contribution in [0.3, 0.4) is 0 Å². The van der Waals surface area contributed by atoms with Gasteiger partial charge >= 0.3 is 0 Å². The molecule has 1 aromatic heterocycles. The molecular formula is C22H30N6O2. The van der Waals surface area contributed by atoms with E-state index in [0.29, 0.717) is 25.6 Å². The topological polar surface area (TPSA) is 82.6 Å². The van der Waals surface area contributed by atoms with Crippen molar-refractivity contribution in [1.82, 2.24) is 9.97 Å². The number of nitrogens with one attached hydrogen (secondary N) is 2. The van der Waals surface area contributed by atoms with E-state index in [1.807, 2.05) is 25.1 Å². The molecule has 1 unspecified atom stereocenters. The highest BCUT2D eigenvalue weighted by atomic mass is 16.5. The Kier molecular flexibility index (Phi) is 6.63. The van der Waals surface area contributed by atoms with E-state index in [0.717, 1.165) is 37.7 Å². The first kappa shape index (κ1) is 20.4. The average molecular weight is 411 g/mol. The Morgan fingerprint density at radius 1 is 1.13 bits per heavy atom. The van der Waals surface area contributed by atoms with Gasteiger partial charge in [0.25, 0.3) is 0 Å². The molecule has 0 bridgehead atoms. The summed E-state index contributed by atoms with van der Waals surface area (Å²) < 4.78 is 5.38. The molecule has 1 atom stereocenters. The van der Waals surface area contributed by atoms with Gasteiger partial charge in [-0.1, -0.05) is 6.07 Å². The van der Waals surface area contributed by atoms with Crippen molar-refractivity contribution in [3.63, 3.8) is 0 Å². The third kappa shape index (κ3) is 5.38. The molecule has 3 heterocycles. The lowest BCUT2D eigenvalue weighted by molar-refractivity contribution is -0.116. The molecule has 0 radical (unpaired) electrons. The van der Waals surface area contributed by atoms with Gasteiger partial charge in [0.2, 0.25) is 11.9 Å². The number of ether oxygens (including phenoxy) is 1. The molecule has 0 spiro atoms. The average Bonchev–Trinajstić information content (AvgIpc) is 3.29. The van der Waals surface area contributed by atoms with E-state index >= 15 is 0 Å². The molecule has 2 N–H and O–H groups in total. The van der Waals surface area contributed by atoms with Gasteiger partial charge < -0.3 is 25.2 Å². The minimum absolute atomic E-state index is 0.0176. The van der Waals surface area contributed by atoms with Crippen molar-refractivity contribution >= 4 is 29.0 Å². The maximum absolute atomic E-state index is 12.5. The number of carbonyl (C=O) groups is 1. The normalized spacial score (nSPS) is 17.6. The molecule has 30 heavy (non-hydrogen) atoms.